The number of hydrogen-bond acceptors (Lipinski definition) is 6. The topological polar surface area (TPSA) is 110 Å². The average molecular weight is 544 g/mol. The maximum absolute atomic E-state index is 12.9. The smallest absolute Gasteiger partial charge is 0.404 e. The average Bonchev–Trinajstić information content (AvgIpc) is 3.17. The molecule has 1 aromatic carbocycles. The molecule has 1 fully saturated rings. The van der Waals surface area contributed by atoms with E-state index in [0.717, 1.165) is 44.5 Å². The number of nitrogens with zero attached hydrogens (tertiary/aromatic N) is 4. The molecule has 0 bridgehead atoms. The maximum atomic E-state index is 12.9. The molecule has 1 saturated carbocycles. The van der Waals surface area contributed by atoms with Crippen LogP contribution < -0.4 is 9.46 Å². The second-order valence-corrected chi connectivity index (χ2v) is 10.4. The van der Waals surface area contributed by atoms with Gasteiger partial charge in [-0.05, 0) is 31.9 Å². The van der Waals surface area contributed by atoms with Crippen LogP contribution in [0.4, 0.5) is 22.0 Å². The lowest BCUT2D eigenvalue weighted by Gasteiger charge is -2.26. The number of alkyl halides is 5. The van der Waals surface area contributed by atoms with Gasteiger partial charge in [0.1, 0.15) is 28.4 Å². The van der Waals surface area contributed by atoms with E-state index in [1.807, 2.05) is 0 Å². The Balaban J connectivity index is 1.83. The highest BCUT2D eigenvalue weighted by Gasteiger charge is 2.39. The van der Waals surface area contributed by atoms with Gasteiger partial charge in [-0.25, -0.2) is 18.4 Å². The number of ether oxygens (including phenoxy) is 1. The number of sulfonamides is 1. The molecule has 2 heterocycles. The summed E-state index contributed by atoms with van der Waals surface area (Å²) in [6.07, 6.45) is 1.25. The highest BCUT2D eigenvalue weighted by atomic mass is 32.2. The van der Waals surface area contributed by atoms with Crippen molar-refractivity contribution < 1.29 is 35.1 Å². The molecule has 3 aromatic rings. The van der Waals surface area contributed by atoms with Crippen LogP contribution >= 0.6 is 0 Å². The summed E-state index contributed by atoms with van der Waals surface area (Å²) in [6.45, 7) is -2.38. The highest BCUT2D eigenvalue weighted by Crippen LogP contribution is 2.40. The first-order valence-electron chi connectivity index (χ1n) is 11.4. The Kier molecular flexibility index (Phi) is 7.38. The lowest BCUT2D eigenvalue weighted by molar-refractivity contribution is -0.147. The van der Waals surface area contributed by atoms with Gasteiger partial charge in [0.05, 0.1) is 23.5 Å². The Labute approximate surface area is 209 Å². The number of aromatic nitrogens is 3. The molecular formula is C23H22F5N5O3S. The molecule has 0 unspecified atom stereocenters. The van der Waals surface area contributed by atoms with Crippen molar-refractivity contribution in [2.24, 2.45) is 0 Å². The molecule has 1 aliphatic rings. The summed E-state index contributed by atoms with van der Waals surface area (Å²) in [4.78, 5) is 7.58. The predicted octanol–water partition coefficient (Wildman–Crippen LogP) is 5.31. The monoisotopic (exact) mass is 543 g/mol. The zero-order chi connectivity index (χ0) is 27.0. The zero-order valence-electron chi connectivity index (χ0n) is 19.5. The third kappa shape index (κ3) is 5.52. The van der Waals surface area contributed by atoms with E-state index in [4.69, 9.17) is 0 Å². The minimum Gasteiger partial charge on any atom is -0.435 e. The quantitative estimate of drug-likeness (QED) is 0.405. The third-order valence-corrected chi connectivity index (χ3v) is 7.72. The van der Waals surface area contributed by atoms with Crippen LogP contribution in [0.2, 0.25) is 0 Å². The van der Waals surface area contributed by atoms with Crippen LogP contribution in [0.3, 0.4) is 0 Å². The Morgan fingerprint density at radius 3 is 2.38 bits per heavy atom. The fourth-order valence-corrected chi connectivity index (χ4v) is 5.58. The summed E-state index contributed by atoms with van der Waals surface area (Å²) in [5, 5.41) is 10.4. The molecule has 1 atom stereocenters. The Bertz CT molecular complexity index is 1430. The van der Waals surface area contributed by atoms with Crippen LogP contribution in [0.1, 0.15) is 50.6 Å². The summed E-state index contributed by atoms with van der Waals surface area (Å²) >= 11 is 0. The SMILES string of the molecule is C[C@H](NS(=O)(=O)c1cnc(-c2c(C#N)c3ccc(OC(F)F)cc3n2C2CCCCC2)nc1)C(F)(F)F. The predicted molar refractivity (Wildman–Crippen MR) is 122 cm³/mol. The molecule has 4 rings (SSSR count). The molecule has 198 valence electrons. The summed E-state index contributed by atoms with van der Waals surface area (Å²) in [5.74, 6) is -0.127. The second-order valence-electron chi connectivity index (χ2n) is 8.68. The van der Waals surface area contributed by atoms with Gasteiger partial charge < -0.3 is 9.30 Å². The van der Waals surface area contributed by atoms with Gasteiger partial charge in [0.15, 0.2) is 5.82 Å². The van der Waals surface area contributed by atoms with Gasteiger partial charge in [-0.1, -0.05) is 19.3 Å². The molecule has 0 saturated heterocycles. The largest absolute Gasteiger partial charge is 0.435 e. The molecule has 0 amide bonds. The second kappa shape index (κ2) is 10.2. The Morgan fingerprint density at radius 1 is 1.16 bits per heavy atom. The normalized spacial score (nSPS) is 16.2. The van der Waals surface area contributed by atoms with Crippen molar-refractivity contribution in [1.29, 1.82) is 5.26 Å². The molecule has 0 aliphatic heterocycles. The summed E-state index contributed by atoms with van der Waals surface area (Å²) in [5.41, 5.74) is 0.875. The zero-order valence-corrected chi connectivity index (χ0v) is 20.3. The van der Waals surface area contributed by atoms with E-state index in [9.17, 15) is 35.6 Å². The molecule has 1 N–H and O–H groups in total. The van der Waals surface area contributed by atoms with E-state index >= 15 is 0 Å². The molecule has 1 aliphatic carbocycles. The van der Waals surface area contributed by atoms with Gasteiger partial charge in [-0.2, -0.15) is 31.9 Å². The molecule has 37 heavy (non-hydrogen) atoms. The number of benzene rings is 1. The standard InChI is InChI=1S/C23H22F5N5O3S/c1-13(23(26,27)28)32-37(34,35)16-11-30-21(31-12-16)20-18(10-29)17-8-7-15(36-22(24)25)9-19(17)33(20)14-5-3-2-4-6-14/h7-9,11-14,22,32H,2-6H2,1H3/t13-/m0/s1. The summed E-state index contributed by atoms with van der Waals surface area (Å²) < 4.78 is 96.9. The van der Waals surface area contributed by atoms with Crippen molar-refractivity contribution >= 4 is 20.9 Å². The van der Waals surface area contributed by atoms with Crippen LogP contribution in [-0.4, -0.2) is 41.8 Å². The lowest BCUT2D eigenvalue weighted by atomic mass is 9.95. The van der Waals surface area contributed by atoms with Crippen molar-refractivity contribution in [2.75, 3.05) is 0 Å². The number of hydrogen-bond donors (Lipinski definition) is 1. The van der Waals surface area contributed by atoms with Gasteiger partial charge >= 0.3 is 12.8 Å². The number of halogens is 5. The molecule has 14 heteroatoms. The first-order valence-corrected chi connectivity index (χ1v) is 12.8. The molecule has 2 aromatic heterocycles. The van der Waals surface area contributed by atoms with Crippen LogP contribution in [0.5, 0.6) is 5.75 Å². The van der Waals surface area contributed by atoms with Crippen LogP contribution in [0.15, 0.2) is 35.5 Å². The van der Waals surface area contributed by atoms with Crippen molar-refractivity contribution in [3.05, 3.63) is 36.2 Å². The van der Waals surface area contributed by atoms with Gasteiger partial charge in [-0.3, -0.25) is 0 Å². The molecule has 0 radical (unpaired) electrons. The number of nitrogens with one attached hydrogen (secondary N) is 1. The third-order valence-electron chi connectivity index (χ3n) is 6.23. The van der Waals surface area contributed by atoms with Crippen molar-refractivity contribution in [2.45, 2.75) is 68.8 Å². The summed E-state index contributed by atoms with van der Waals surface area (Å²) in [7, 11) is -4.58. The van der Waals surface area contributed by atoms with Gasteiger partial charge in [-0.15, -0.1) is 0 Å². The van der Waals surface area contributed by atoms with Crippen LogP contribution in [0.25, 0.3) is 22.4 Å². The van der Waals surface area contributed by atoms with Crippen LogP contribution in [0, 0.1) is 11.3 Å². The maximum Gasteiger partial charge on any atom is 0.404 e. The molecule has 8 nitrogen and oxygen atoms in total. The Hall–Kier alpha value is -3.31. The lowest BCUT2D eigenvalue weighted by Crippen LogP contribution is -2.43. The molecular weight excluding hydrogens is 521 g/mol. The van der Waals surface area contributed by atoms with Crippen molar-refractivity contribution in [1.82, 2.24) is 19.3 Å². The van der Waals surface area contributed by atoms with E-state index in [0.29, 0.717) is 17.8 Å². The number of fused-ring (bicyclic) bond motifs is 1. The first-order chi connectivity index (χ1) is 17.4. The fraction of sp³-hybridized carbons (Fsp3) is 0.435. The highest BCUT2D eigenvalue weighted by molar-refractivity contribution is 7.89. The van der Waals surface area contributed by atoms with Crippen molar-refractivity contribution in [3.63, 3.8) is 0 Å². The van der Waals surface area contributed by atoms with E-state index in [2.05, 4.69) is 20.8 Å². The van der Waals surface area contributed by atoms with Crippen LogP contribution in [-0.2, 0) is 10.0 Å². The first kappa shape index (κ1) is 26.7. The van der Waals surface area contributed by atoms with E-state index in [1.165, 1.54) is 22.9 Å². The Morgan fingerprint density at radius 2 is 1.81 bits per heavy atom. The van der Waals surface area contributed by atoms with Crippen molar-refractivity contribution in [3.8, 4) is 23.3 Å². The van der Waals surface area contributed by atoms with E-state index in [-0.39, 0.29) is 28.9 Å². The van der Waals surface area contributed by atoms with E-state index < -0.39 is 33.7 Å². The fourth-order valence-electron chi connectivity index (χ4n) is 4.46. The minimum atomic E-state index is -4.79. The minimum absolute atomic E-state index is 0.0301. The van der Waals surface area contributed by atoms with E-state index in [1.54, 1.807) is 4.57 Å². The van der Waals surface area contributed by atoms with Gasteiger partial charge in [0, 0.05) is 17.5 Å². The van der Waals surface area contributed by atoms with Gasteiger partial charge in [0.2, 0.25) is 10.0 Å². The summed E-state index contributed by atoms with van der Waals surface area (Å²) in [6, 6.07) is 3.85. The van der Waals surface area contributed by atoms with Gasteiger partial charge in [0.25, 0.3) is 0 Å². The number of nitriles is 1. The number of rotatable bonds is 7. The molecule has 0 spiro atoms.